The predicted octanol–water partition coefficient (Wildman–Crippen LogP) is 6.20. The Hall–Kier alpha value is -2.60. The summed E-state index contributed by atoms with van der Waals surface area (Å²) < 4.78 is 0. The van der Waals surface area contributed by atoms with Crippen molar-refractivity contribution in [3.8, 4) is 6.07 Å². The number of aryl methyl sites for hydroxylation is 1. The number of nitrogens with zero attached hydrogens (tertiary/aromatic N) is 3. The van der Waals surface area contributed by atoms with Crippen LogP contribution in [0.5, 0.6) is 0 Å². The van der Waals surface area contributed by atoms with Gasteiger partial charge in [0, 0.05) is 12.2 Å². The molecule has 0 aliphatic heterocycles. The molecular weight excluding hydrogens is 330 g/mol. The Kier molecular flexibility index (Phi) is 4.99. The number of anilines is 2. The van der Waals surface area contributed by atoms with Gasteiger partial charge >= 0.3 is 0 Å². The van der Waals surface area contributed by atoms with Crippen LogP contribution in [0.3, 0.4) is 0 Å². The minimum atomic E-state index is 0.684. The van der Waals surface area contributed by atoms with Crippen LogP contribution in [-0.4, -0.2) is 12.9 Å². The Morgan fingerprint density at radius 1 is 1.07 bits per heavy atom. The van der Waals surface area contributed by atoms with Crippen LogP contribution in [0.25, 0.3) is 0 Å². The first-order valence-corrected chi connectivity index (χ1v) is 10.1. The summed E-state index contributed by atoms with van der Waals surface area (Å²) in [5, 5.41) is 9.10. The maximum Gasteiger partial charge on any atom is 0.0991 e. The average molecular weight is 358 g/mol. The third kappa shape index (κ3) is 3.37. The Morgan fingerprint density at radius 2 is 1.70 bits per heavy atom. The smallest absolute Gasteiger partial charge is 0.0991 e. The number of fused-ring (bicyclic) bond motifs is 2. The maximum absolute atomic E-state index is 9.10. The van der Waals surface area contributed by atoms with E-state index in [2.05, 4.69) is 41.9 Å². The van der Waals surface area contributed by atoms with Crippen molar-refractivity contribution < 1.29 is 0 Å². The van der Waals surface area contributed by atoms with Gasteiger partial charge in [0.15, 0.2) is 0 Å². The molecule has 0 atom stereocenters. The molecule has 5 rings (SSSR count). The second-order valence-corrected chi connectivity index (χ2v) is 7.87. The van der Waals surface area contributed by atoms with Crippen molar-refractivity contribution in [3.63, 3.8) is 0 Å². The normalized spacial score (nSPS) is 20.5. The van der Waals surface area contributed by atoms with E-state index in [1.54, 1.807) is 11.1 Å². The molecule has 27 heavy (non-hydrogen) atoms. The van der Waals surface area contributed by atoms with Gasteiger partial charge < -0.3 is 4.90 Å². The predicted molar refractivity (Wildman–Crippen MR) is 112 cm³/mol. The van der Waals surface area contributed by atoms with Crippen LogP contribution in [0.2, 0.25) is 0 Å². The van der Waals surface area contributed by atoms with Crippen LogP contribution >= 0.6 is 0 Å². The molecule has 2 aromatic carbocycles. The fourth-order valence-corrected chi connectivity index (χ4v) is 4.65. The van der Waals surface area contributed by atoms with Crippen LogP contribution < -0.4 is 4.90 Å². The number of nitriles is 1. The van der Waals surface area contributed by atoms with Gasteiger partial charge in [-0.2, -0.15) is 5.26 Å². The summed E-state index contributed by atoms with van der Waals surface area (Å²) in [5.74, 6) is 1.48. The summed E-state index contributed by atoms with van der Waals surface area (Å²) in [5.41, 5.74) is 7.39. The molecule has 3 heteroatoms. The largest absolute Gasteiger partial charge is 0.301 e. The number of hydrogen-bond donors (Lipinski definition) is 0. The summed E-state index contributed by atoms with van der Waals surface area (Å²) in [7, 11) is 0. The molecular formula is C24H27N3. The Labute approximate surface area is 162 Å². The van der Waals surface area contributed by atoms with Crippen LogP contribution in [0, 0.1) is 18.3 Å². The summed E-state index contributed by atoms with van der Waals surface area (Å²) in [6, 6.07) is 14.8. The maximum atomic E-state index is 9.10. The molecule has 3 aliphatic rings. The van der Waals surface area contributed by atoms with Crippen LogP contribution in [-0.2, 0) is 0 Å². The lowest BCUT2D eigenvalue weighted by molar-refractivity contribution is 0.358. The lowest BCUT2D eigenvalue weighted by Crippen LogP contribution is -2.23. The molecule has 1 fully saturated rings. The monoisotopic (exact) mass is 357 g/mol. The lowest BCUT2D eigenvalue weighted by atomic mass is 9.66. The minimum Gasteiger partial charge on any atom is -0.301 e. The molecule has 2 bridgehead atoms. The molecule has 0 saturated heterocycles. The van der Waals surface area contributed by atoms with Gasteiger partial charge in [-0.1, -0.05) is 13.0 Å². The highest BCUT2D eigenvalue weighted by Gasteiger charge is 2.33. The summed E-state index contributed by atoms with van der Waals surface area (Å²) in [6.07, 6.45) is 8.37. The van der Waals surface area contributed by atoms with Gasteiger partial charge in [0.25, 0.3) is 0 Å². The van der Waals surface area contributed by atoms with Gasteiger partial charge in [-0.05, 0) is 97.9 Å². The Morgan fingerprint density at radius 3 is 2.30 bits per heavy atom. The van der Waals surface area contributed by atoms with Crippen molar-refractivity contribution in [3.05, 3.63) is 58.7 Å². The fourth-order valence-electron chi connectivity index (χ4n) is 4.65. The minimum absolute atomic E-state index is 0.684. The molecule has 0 amide bonds. The Bertz CT molecular complexity index is 881. The molecule has 138 valence electrons. The molecule has 0 radical (unpaired) electrons. The molecule has 0 unspecified atom stereocenters. The first kappa shape index (κ1) is 17.8. The quantitative estimate of drug-likeness (QED) is 0.472. The third-order valence-corrected chi connectivity index (χ3v) is 6.09. The summed E-state index contributed by atoms with van der Waals surface area (Å²) in [6.45, 7) is 5.17. The fraction of sp³-hybridized carbons (Fsp3) is 0.417. The SMILES string of the molecule is CCCN=CN(c1ccc(C#N)cc1)c1cc2c(cc1C)C1CCC2CC1. The van der Waals surface area contributed by atoms with E-state index < -0.39 is 0 Å². The second-order valence-electron chi connectivity index (χ2n) is 7.87. The lowest BCUT2D eigenvalue weighted by Gasteiger charge is -2.39. The first-order chi connectivity index (χ1) is 13.2. The zero-order valence-corrected chi connectivity index (χ0v) is 16.3. The van der Waals surface area contributed by atoms with Gasteiger partial charge in [0.1, 0.15) is 0 Å². The molecule has 0 N–H and O–H groups in total. The second kappa shape index (κ2) is 7.56. The molecule has 3 nitrogen and oxygen atoms in total. The highest BCUT2D eigenvalue weighted by Crippen LogP contribution is 2.51. The zero-order chi connectivity index (χ0) is 18.8. The highest BCUT2D eigenvalue weighted by atomic mass is 15.2. The van der Waals surface area contributed by atoms with Crippen molar-refractivity contribution in [1.29, 1.82) is 5.26 Å². The van der Waals surface area contributed by atoms with Crippen molar-refractivity contribution in [2.75, 3.05) is 11.4 Å². The molecule has 2 aromatic rings. The molecule has 0 aromatic heterocycles. The average Bonchev–Trinajstić information content (AvgIpc) is 2.72. The molecule has 0 heterocycles. The van der Waals surface area contributed by atoms with Crippen molar-refractivity contribution in [2.45, 2.75) is 57.8 Å². The summed E-state index contributed by atoms with van der Waals surface area (Å²) in [4.78, 5) is 6.81. The van der Waals surface area contributed by atoms with Crippen molar-refractivity contribution in [1.82, 2.24) is 0 Å². The van der Waals surface area contributed by atoms with Crippen molar-refractivity contribution >= 4 is 17.7 Å². The van der Waals surface area contributed by atoms with E-state index in [0.717, 1.165) is 30.5 Å². The van der Waals surface area contributed by atoms with Crippen LogP contribution in [0.1, 0.15) is 73.1 Å². The third-order valence-electron chi connectivity index (χ3n) is 6.09. The van der Waals surface area contributed by atoms with Gasteiger partial charge in [0.2, 0.25) is 0 Å². The van der Waals surface area contributed by atoms with E-state index in [0.29, 0.717) is 5.56 Å². The van der Waals surface area contributed by atoms with E-state index >= 15 is 0 Å². The Balaban J connectivity index is 1.77. The van der Waals surface area contributed by atoms with Gasteiger partial charge in [-0.25, -0.2) is 0 Å². The number of rotatable bonds is 5. The van der Waals surface area contributed by atoms with E-state index in [1.165, 1.54) is 36.9 Å². The van der Waals surface area contributed by atoms with Crippen LogP contribution in [0.4, 0.5) is 11.4 Å². The number of benzene rings is 2. The molecule has 1 saturated carbocycles. The topological polar surface area (TPSA) is 39.4 Å². The molecule has 0 spiro atoms. The van der Waals surface area contributed by atoms with Crippen LogP contribution in [0.15, 0.2) is 41.4 Å². The first-order valence-electron chi connectivity index (χ1n) is 10.1. The van der Waals surface area contributed by atoms with E-state index in [9.17, 15) is 0 Å². The van der Waals surface area contributed by atoms with Gasteiger partial charge in [0.05, 0.1) is 23.7 Å². The zero-order valence-electron chi connectivity index (χ0n) is 16.3. The number of aliphatic imine (C=N–C) groups is 1. The summed E-state index contributed by atoms with van der Waals surface area (Å²) >= 11 is 0. The van der Waals surface area contributed by atoms with E-state index in [-0.39, 0.29) is 0 Å². The highest BCUT2D eigenvalue weighted by molar-refractivity contribution is 5.91. The van der Waals surface area contributed by atoms with Gasteiger partial charge in [-0.15, -0.1) is 0 Å². The standard InChI is InChI=1S/C24H27N3/c1-3-12-26-16-27(21-10-4-18(15-25)5-11-21)24-14-23-20-8-6-19(7-9-20)22(23)13-17(24)2/h4-5,10-11,13-14,16,19-20H,3,6-9,12H2,1-2H3. The van der Waals surface area contributed by atoms with Gasteiger partial charge in [-0.3, -0.25) is 4.99 Å². The van der Waals surface area contributed by atoms with Crippen molar-refractivity contribution in [2.24, 2.45) is 4.99 Å². The molecule has 3 aliphatic carbocycles. The van der Waals surface area contributed by atoms with E-state index in [4.69, 9.17) is 5.26 Å². The number of hydrogen-bond acceptors (Lipinski definition) is 2. The van der Waals surface area contributed by atoms with E-state index in [1.807, 2.05) is 30.6 Å².